The molecular weight excluding hydrogens is 252 g/mol. The molecule has 102 valence electrons. The van der Waals surface area contributed by atoms with E-state index in [2.05, 4.69) is 10.3 Å². The molecule has 1 aromatic rings. The van der Waals surface area contributed by atoms with Gasteiger partial charge in [0.25, 0.3) is 5.22 Å². The number of nitrogens with zero attached hydrogens (tertiary/aromatic N) is 1. The van der Waals surface area contributed by atoms with Crippen molar-refractivity contribution < 1.29 is 13.9 Å². The Bertz CT molecular complexity index is 394. The smallest absolute Gasteiger partial charge is 0.326 e. The SMILES string of the molecule is CCNC(C)(CSc1nc(C)co1)C(=O)OCC. The maximum atomic E-state index is 11.9. The second-order valence-electron chi connectivity index (χ2n) is 4.13. The van der Waals surface area contributed by atoms with Gasteiger partial charge in [0.15, 0.2) is 0 Å². The van der Waals surface area contributed by atoms with Gasteiger partial charge in [-0.2, -0.15) is 0 Å². The van der Waals surface area contributed by atoms with Gasteiger partial charge in [0.2, 0.25) is 0 Å². The van der Waals surface area contributed by atoms with Crippen molar-refractivity contribution in [2.45, 2.75) is 38.5 Å². The maximum absolute atomic E-state index is 11.9. The highest BCUT2D eigenvalue weighted by molar-refractivity contribution is 7.99. The number of aryl methyl sites for hydroxylation is 1. The minimum Gasteiger partial charge on any atom is -0.465 e. The molecule has 1 aromatic heterocycles. The summed E-state index contributed by atoms with van der Waals surface area (Å²) < 4.78 is 10.3. The summed E-state index contributed by atoms with van der Waals surface area (Å²) in [5.41, 5.74) is 0.108. The molecule has 1 N–H and O–H groups in total. The zero-order valence-corrected chi connectivity index (χ0v) is 12.1. The molecule has 0 amide bonds. The number of esters is 1. The van der Waals surface area contributed by atoms with Crippen molar-refractivity contribution in [1.82, 2.24) is 10.3 Å². The van der Waals surface area contributed by atoms with Crippen LogP contribution >= 0.6 is 11.8 Å². The van der Waals surface area contributed by atoms with Crippen LogP contribution in [0.4, 0.5) is 0 Å². The van der Waals surface area contributed by atoms with E-state index in [4.69, 9.17) is 9.15 Å². The van der Waals surface area contributed by atoms with Crippen molar-refractivity contribution in [3.8, 4) is 0 Å². The predicted octanol–water partition coefficient (Wildman–Crippen LogP) is 2.01. The summed E-state index contributed by atoms with van der Waals surface area (Å²) in [4.78, 5) is 16.1. The van der Waals surface area contributed by atoms with E-state index in [0.717, 1.165) is 5.69 Å². The van der Waals surface area contributed by atoms with E-state index in [0.29, 0.717) is 24.1 Å². The van der Waals surface area contributed by atoms with Gasteiger partial charge >= 0.3 is 5.97 Å². The van der Waals surface area contributed by atoms with E-state index >= 15 is 0 Å². The molecule has 18 heavy (non-hydrogen) atoms. The van der Waals surface area contributed by atoms with Crippen molar-refractivity contribution in [3.05, 3.63) is 12.0 Å². The molecule has 0 radical (unpaired) electrons. The lowest BCUT2D eigenvalue weighted by atomic mass is 10.1. The van der Waals surface area contributed by atoms with Crippen LogP contribution < -0.4 is 5.32 Å². The fourth-order valence-electron chi connectivity index (χ4n) is 1.47. The minimum atomic E-state index is -0.724. The summed E-state index contributed by atoms with van der Waals surface area (Å²) in [7, 11) is 0. The first-order valence-corrected chi connectivity index (χ1v) is 6.97. The Hall–Kier alpha value is -1.01. The number of rotatable bonds is 7. The molecule has 1 unspecified atom stereocenters. The van der Waals surface area contributed by atoms with Crippen LogP contribution in [0.25, 0.3) is 0 Å². The fraction of sp³-hybridized carbons (Fsp3) is 0.667. The molecular formula is C12H20N2O3S. The number of carbonyl (C=O) groups excluding carboxylic acids is 1. The van der Waals surface area contributed by atoms with E-state index in [1.807, 2.05) is 20.8 Å². The van der Waals surface area contributed by atoms with Crippen molar-refractivity contribution >= 4 is 17.7 Å². The number of likely N-dealkylation sites (N-methyl/N-ethyl adjacent to an activating group) is 1. The highest BCUT2D eigenvalue weighted by atomic mass is 32.2. The number of oxazole rings is 1. The summed E-state index contributed by atoms with van der Waals surface area (Å²) in [6, 6.07) is 0. The third-order valence-electron chi connectivity index (χ3n) is 2.38. The first kappa shape index (κ1) is 15.0. The average Bonchev–Trinajstić information content (AvgIpc) is 2.73. The van der Waals surface area contributed by atoms with Crippen LogP contribution in [0.1, 0.15) is 26.5 Å². The lowest BCUT2D eigenvalue weighted by Crippen LogP contribution is -2.52. The number of thioether (sulfide) groups is 1. The maximum Gasteiger partial charge on any atom is 0.326 e. The minimum absolute atomic E-state index is 0.248. The van der Waals surface area contributed by atoms with Crippen LogP contribution in [0.3, 0.4) is 0 Å². The average molecular weight is 272 g/mol. The van der Waals surface area contributed by atoms with Gasteiger partial charge in [0.05, 0.1) is 12.3 Å². The summed E-state index contributed by atoms with van der Waals surface area (Å²) >= 11 is 1.40. The molecule has 5 nitrogen and oxygen atoms in total. The lowest BCUT2D eigenvalue weighted by molar-refractivity contribution is -0.149. The second-order valence-corrected chi connectivity index (χ2v) is 5.05. The quantitative estimate of drug-likeness (QED) is 0.605. The molecule has 1 atom stereocenters. The van der Waals surface area contributed by atoms with Gasteiger partial charge in [-0.1, -0.05) is 18.7 Å². The summed E-state index contributed by atoms with van der Waals surface area (Å²) in [5.74, 6) is 0.266. The third kappa shape index (κ3) is 4.03. The number of carbonyl (C=O) groups is 1. The molecule has 0 aromatic carbocycles. The highest BCUT2D eigenvalue weighted by Crippen LogP contribution is 2.23. The van der Waals surface area contributed by atoms with Crippen LogP contribution in [-0.2, 0) is 9.53 Å². The largest absolute Gasteiger partial charge is 0.465 e. The molecule has 0 aliphatic rings. The highest BCUT2D eigenvalue weighted by Gasteiger charge is 2.34. The van der Waals surface area contributed by atoms with Crippen LogP contribution in [-0.4, -0.2) is 35.4 Å². The number of hydrogen-bond acceptors (Lipinski definition) is 6. The van der Waals surface area contributed by atoms with Gasteiger partial charge in [0.1, 0.15) is 11.8 Å². The van der Waals surface area contributed by atoms with Crippen LogP contribution in [0.2, 0.25) is 0 Å². The Morgan fingerprint density at radius 3 is 2.83 bits per heavy atom. The monoisotopic (exact) mass is 272 g/mol. The first-order valence-electron chi connectivity index (χ1n) is 5.99. The molecule has 0 aliphatic carbocycles. The van der Waals surface area contributed by atoms with Gasteiger partial charge in [-0.15, -0.1) is 0 Å². The fourth-order valence-corrected chi connectivity index (χ4v) is 2.42. The Morgan fingerprint density at radius 2 is 2.33 bits per heavy atom. The molecule has 0 spiro atoms. The predicted molar refractivity (Wildman–Crippen MR) is 70.7 cm³/mol. The Balaban J connectivity index is 2.64. The topological polar surface area (TPSA) is 64.4 Å². The molecule has 0 aliphatic heterocycles. The Kier molecular flexibility index (Phi) is 5.68. The van der Waals surface area contributed by atoms with Gasteiger partial charge in [0, 0.05) is 5.75 Å². The molecule has 6 heteroatoms. The van der Waals surface area contributed by atoms with Crippen molar-refractivity contribution in [1.29, 1.82) is 0 Å². The first-order chi connectivity index (χ1) is 8.51. The van der Waals surface area contributed by atoms with Crippen molar-refractivity contribution in [2.75, 3.05) is 18.9 Å². The molecule has 1 heterocycles. The molecule has 0 bridgehead atoms. The normalized spacial score (nSPS) is 14.2. The van der Waals surface area contributed by atoms with Gasteiger partial charge < -0.3 is 14.5 Å². The number of hydrogen-bond donors (Lipinski definition) is 1. The van der Waals surface area contributed by atoms with Gasteiger partial charge in [-0.25, -0.2) is 4.98 Å². The zero-order valence-electron chi connectivity index (χ0n) is 11.3. The Labute approximate surface area is 112 Å². The number of nitrogens with one attached hydrogen (secondary N) is 1. The van der Waals surface area contributed by atoms with Gasteiger partial charge in [-0.3, -0.25) is 4.79 Å². The van der Waals surface area contributed by atoms with Crippen molar-refractivity contribution in [3.63, 3.8) is 0 Å². The van der Waals surface area contributed by atoms with E-state index in [1.54, 1.807) is 13.2 Å². The van der Waals surface area contributed by atoms with E-state index < -0.39 is 5.54 Å². The summed E-state index contributed by atoms with van der Waals surface area (Å²) in [6.45, 7) is 8.52. The molecule has 0 saturated heterocycles. The number of ether oxygens (including phenoxy) is 1. The van der Waals surface area contributed by atoms with Crippen LogP contribution in [0.5, 0.6) is 0 Å². The van der Waals surface area contributed by atoms with Crippen molar-refractivity contribution in [2.24, 2.45) is 0 Å². The molecule has 0 fully saturated rings. The summed E-state index contributed by atoms with van der Waals surface area (Å²) in [6.07, 6.45) is 1.59. The van der Waals surface area contributed by atoms with E-state index in [1.165, 1.54) is 11.8 Å². The van der Waals surface area contributed by atoms with Crippen LogP contribution in [0.15, 0.2) is 15.9 Å². The molecule has 1 rings (SSSR count). The lowest BCUT2D eigenvalue weighted by Gasteiger charge is -2.27. The Morgan fingerprint density at radius 1 is 1.61 bits per heavy atom. The van der Waals surface area contributed by atoms with E-state index in [-0.39, 0.29) is 5.97 Å². The third-order valence-corrected chi connectivity index (χ3v) is 3.53. The molecule has 0 saturated carbocycles. The van der Waals surface area contributed by atoms with E-state index in [9.17, 15) is 4.79 Å². The standard InChI is InChI=1S/C12H20N2O3S/c1-5-13-12(4,10(15)16-6-2)8-18-11-14-9(3)7-17-11/h7,13H,5-6,8H2,1-4H3. The number of aromatic nitrogens is 1. The second kappa shape index (κ2) is 6.80. The van der Waals surface area contributed by atoms with Crippen LogP contribution in [0, 0.1) is 6.92 Å². The zero-order chi connectivity index (χ0) is 13.6. The van der Waals surface area contributed by atoms with Gasteiger partial charge in [-0.05, 0) is 27.3 Å². The summed E-state index contributed by atoms with van der Waals surface area (Å²) in [5, 5.41) is 3.73.